The van der Waals surface area contributed by atoms with Crippen molar-refractivity contribution in [3.05, 3.63) is 29.8 Å². The first-order valence-electron chi connectivity index (χ1n) is 6.84. The molecule has 98 valence electrons. The molecular weight excluding hydrogens is 228 g/mol. The summed E-state index contributed by atoms with van der Waals surface area (Å²) < 4.78 is 11.2. The molecule has 18 heavy (non-hydrogen) atoms. The maximum absolute atomic E-state index is 10.4. The summed E-state index contributed by atoms with van der Waals surface area (Å²) in [6.07, 6.45) is 3.50. The van der Waals surface area contributed by atoms with Crippen molar-refractivity contribution in [3.8, 4) is 5.75 Å². The fourth-order valence-electron chi connectivity index (χ4n) is 3.18. The fourth-order valence-corrected chi connectivity index (χ4v) is 3.18. The van der Waals surface area contributed by atoms with Crippen molar-refractivity contribution < 1.29 is 14.6 Å². The van der Waals surface area contributed by atoms with Gasteiger partial charge < -0.3 is 14.6 Å². The zero-order chi connectivity index (χ0) is 12.5. The molecule has 4 unspecified atom stereocenters. The van der Waals surface area contributed by atoms with Crippen molar-refractivity contribution in [2.75, 3.05) is 6.61 Å². The van der Waals surface area contributed by atoms with E-state index in [0.29, 0.717) is 12.7 Å². The van der Waals surface area contributed by atoms with Gasteiger partial charge in [0, 0.05) is 5.92 Å². The van der Waals surface area contributed by atoms with Crippen LogP contribution in [0, 0.1) is 5.92 Å². The second-order valence-corrected chi connectivity index (χ2v) is 5.22. The zero-order valence-corrected chi connectivity index (χ0v) is 10.7. The van der Waals surface area contributed by atoms with E-state index in [9.17, 15) is 5.11 Å². The molecule has 2 saturated heterocycles. The van der Waals surface area contributed by atoms with Crippen LogP contribution in [0.1, 0.15) is 37.9 Å². The Morgan fingerprint density at radius 3 is 2.67 bits per heavy atom. The fraction of sp³-hybridized carbons (Fsp3) is 0.600. The summed E-state index contributed by atoms with van der Waals surface area (Å²) in [7, 11) is 0. The van der Waals surface area contributed by atoms with E-state index in [1.54, 1.807) is 0 Å². The molecule has 1 aromatic rings. The lowest BCUT2D eigenvalue weighted by molar-refractivity contribution is 0.0422. The third kappa shape index (κ3) is 2.13. The molecule has 0 saturated carbocycles. The molecule has 0 amide bonds. The number of rotatable bonds is 4. The first kappa shape index (κ1) is 12.0. The SMILES string of the molecule is CCOc1ccc(C(O)C2CC3CCC2O3)cc1. The number of aliphatic hydroxyl groups is 1. The molecule has 3 nitrogen and oxygen atoms in total. The first-order valence-corrected chi connectivity index (χ1v) is 6.84. The third-order valence-corrected chi connectivity index (χ3v) is 4.09. The van der Waals surface area contributed by atoms with Crippen LogP contribution in [-0.2, 0) is 4.74 Å². The van der Waals surface area contributed by atoms with Gasteiger partial charge in [-0.1, -0.05) is 12.1 Å². The van der Waals surface area contributed by atoms with Crippen molar-refractivity contribution in [1.82, 2.24) is 0 Å². The molecule has 2 heterocycles. The highest BCUT2D eigenvalue weighted by molar-refractivity contribution is 5.29. The number of benzene rings is 1. The Kier molecular flexibility index (Phi) is 3.27. The van der Waals surface area contributed by atoms with E-state index < -0.39 is 6.10 Å². The van der Waals surface area contributed by atoms with Crippen LogP contribution in [0.5, 0.6) is 5.75 Å². The minimum atomic E-state index is -0.407. The number of aliphatic hydroxyl groups excluding tert-OH is 1. The highest BCUT2D eigenvalue weighted by Crippen LogP contribution is 2.44. The third-order valence-electron chi connectivity index (χ3n) is 4.09. The van der Waals surface area contributed by atoms with Crippen molar-refractivity contribution in [3.63, 3.8) is 0 Å². The van der Waals surface area contributed by atoms with Gasteiger partial charge in [-0.05, 0) is 43.9 Å². The van der Waals surface area contributed by atoms with Crippen LogP contribution in [0.25, 0.3) is 0 Å². The summed E-state index contributed by atoms with van der Waals surface area (Å²) in [6.45, 7) is 2.64. The van der Waals surface area contributed by atoms with Gasteiger partial charge in [-0.25, -0.2) is 0 Å². The van der Waals surface area contributed by atoms with E-state index in [2.05, 4.69) is 0 Å². The van der Waals surface area contributed by atoms with Gasteiger partial charge in [0.25, 0.3) is 0 Å². The van der Waals surface area contributed by atoms with Crippen LogP contribution in [-0.4, -0.2) is 23.9 Å². The normalized spacial score (nSPS) is 31.6. The summed E-state index contributed by atoms with van der Waals surface area (Å²) in [4.78, 5) is 0. The molecule has 0 spiro atoms. The van der Waals surface area contributed by atoms with E-state index in [-0.39, 0.29) is 12.0 Å². The monoisotopic (exact) mass is 248 g/mol. The lowest BCUT2D eigenvalue weighted by atomic mass is 9.83. The molecule has 0 aromatic heterocycles. The second-order valence-electron chi connectivity index (χ2n) is 5.22. The van der Waals surface area contributed by atoms with Crippen LogP contribution in [0.4, 0.5) is 0 Å². The van der Waals surface area contributed by atoms with Gasteiger partial charge in [0.05, 0.1) is 24.9 Å². The Morgan fingerprint density at radius 1 is 1.33 bits per heavy atom. The number of hydrogen-bond donors (Lipinski definition) is 1. The summed E-state index contributed by atoms with van der Waals surface area (Å²) >= 11 is 0. The van der Waals surface area contributed by atoms with Crippen LogP contribution in [0.3, 0.4) is 0 Å². The molecule has 2 bridgehead atoms. The molecule has 3 rings (SSSR count). The molecule has 4 atom stereocenters. The quantitative estimate of drug-likeness (QED) is 0.890. The predicted octanol–water partition coefficient (Wildman–Crippen LogP) is 2.69. The van der Waals surface area contributed by atoms with E-state index in [1.165, 1.54) is 0 Å². The number of fused-ring (bicyclic) bond motifs is 2. The molecule has 3 heteroatoms. The minimum Gasteiger partial charge on any atom is -0.494 e. The maximum atomic E-state index is 10.4. The number of ether oxygens (including phenoxy) is 2. The largest absolute Gasteiger partial charge is 0.494 e. The zero-order valence-electron chi connectivity index (χ0n) is 10.7. The van der Waals surface area contributed by atoms with Gasteiger partial charge in [-0.3, -0.25) is 0 Å². The topological polar surface area (TPSA) is 38.7 Å². The van der Waals surface area contributed by atoms with Gasteiger partial charge >= 0.3 is 0 Å². The van der Waals surface area contributed by atoms with Crippen LogP contribution >= 0.6 is 0 Å². The average Bonchev–Trinajstić information content (AvgIpc) is 3.01. The standard InChI is InChI=1S/C15H20O3/c1-2-17-11-5-3-10(4-6-11)15(16)13-9-12-7-8-14(13)18-12/h3-6,12-16H,2,7-9H2,1H3. The van der Waals surface area contributed by atoms with Crippen molar-refractivity contribution in [1.29, 1.82) is 0 Å². The lowest BCUT2D eigenvalue weighted by Gasteiger charge is -2.24. The smallest absolute Gasteiger partial charge is 0.119 e. The van der Waals surface area contributed by atoms with Gasteiger partial charge in [-0.2, -0.15) is 0 Å². The van der Waals surface area contributed by atoms with Gasteiger partial charge in [0.1, 0.15) is 5.75 Å². The molecule has 0 radical (unpaired) electrons. The minimum absolute atomic E-state index is 0.261. The average molecular weight is 248 g/mol. The Hall–Kier alpha value is -1.06. The Bertz CT molecular complexity index is 401. The Balaban J connectivity index is 1.70. The Labute approximate surface area is 108 Å². The predicted molar refractivity (Wildman–Crippen MR) is 68.6 cm³/mol. The summed E-state index contributed by atoms with van der Waals surface area (Å²) in [5.41, 5.74) is 0.972. The molecule has 1 aromatic carbocycles. The highest BCUT2D eigenvalue weighted by Gasteiger charge is 2.44. The van der Waals surface area contributed by atoms with Gasteiger partial charge in [0.15, 0.2) is 0 Å². The summed E-state index contributed by atoms with van der Waals surface area (Å²) in [5.74, 6) is 1.12. The maximum Gasteiger partial charge on any atom is 0.119 e. The van der Waals surface area contributed by atoms with Crippen molar-refractivity contribution in [2.45, 2.75) is 44.5 Å². The van der Waals surface area contributed by atoms with E-state index in [4.69, 9.17) is 9.47 Å². The highest BCUT2D eigenvalue weighted by atomic mass is 16.5. The van der Waals surface area contributed by atoms with Crippen LogP contribution < -0.4 is 4.74 Å². The summed E-state index contributed by atoms with van der Waals surface area (Å²) in [5, 5.41) is 10.4. The first-order chi connectivity index (χ1) is 8.78. The van der Waals surface area contributed by atoms with Gasteiger partial charge in [0.2, 0.25) is 0 Å². The second kappa shape index (κ2) is 4.90. The van der Waals surface area contributed by atoms with Crippen molar-refractivity contribution in [2.24, 2.45) is 5.92 Å². The molecular formula is C15H20O3. The van der Waals surface area contributed by atoms with E-state index in [1.807, 2.05) is 31.2 Å². The molecule has 0 aliphatic carbocycles. The molecule has 2 aliphatic heterocycles. The van der Waals surface area contributed by atoms with Crippen molar-refractivity contribution >= 4 is 0 Å². The molecule has 2 fully saturated rings. The Morgan fingerprint density at radius 2 is 2.11 bits per heavy atom. The molecule has 2 aliphatic rings. The van der Waals surface area contributed by atoms with E-state index in [0.717, 1.165) is 30.6 Å². The molecule has 1 N–H and O–H groups in total. The van der Waals surface area contributed by atoms with Crippen LogP contribution in [0.15, 0.2) is 24.3 Å². The van der Waals surface area contributed by atoms with Crippen LogP contribution in [0.2, 0.25) is 0 Å². The van der Waals surface area contributed by atoms with Gasteiger partial charge in [-0.15, -0.1) is 0 Å². The lowest BCUT2D eigenvalue weighted by Crippen LogP contribution is -2.23. The number of hydrogen-bond acceptors (Lipinski definition) is 3. The summed E-state index contributed by atoms with van der Waals surface area (Å²) in [6, 6.07) is 7.77. The van der Waals surface area contributed by atoms with E-state index >= 15 is 0 Å².